The molecule has 2 aliphatic heterocycles. The third kappa shape index (κ3) is 2.95. The van der Waals surface area contributed by atoms with Gasteiger partial charge in [0.25, 0.3) is 0 Å². The molecular formula is C24H21ClFN3O2. The van der Waals surface area contributed by atoms with Crippen LogP contribution in [0.1, 0.15) is 36.8 Å². The second-order valence-corrected chi connectivity index (χ2v) is 8.77. The van der Waals surface area contributed by atoms with E-state index in [1.807, 2.05) is 18.2 Å². The highest BCUT2D eigenvalue weighted by Gasteiger charge is 2.62. The highest BCUT2D eigenvalue weighted by Crippen LogP contribution is 2.59. The third-order valence-corrected chi connectivity index (χ3v) is 6.92. The van der Waals surface area contributed by atoms with Crippen molar-refractivity contribution in [2.24, 2.45) is 10.7 Å². The average Bonchev–Trinajstić information content (AvgIpc) is 3.21. The van der Waals surface area contributed by atoms with E-state index in [1.54, 1.807) is 25.3 Å². The molecule has 1 saturated carbocycles. The predicted octanol–water partition coefficient (Wildman–Crippen LogP) is 5.02. The first-order valence-corrected chi connectivity index (χ1v) is 10.6. The van der Waals surface area contributed by atoms with Crippen molar-refractivity contribution in [3.63, 3.8) is 0 Å². The van der Waals surface area contributed by atoms with Crippen molar-refractivity contribution >= 4 is 17.4 Å². The lowest BCUT2D eigenvalue weighted by molar-refractivity contribution is -0.0426. The number of nitrogens with zero attached hydrogens (tertiary/aromatic N) is 2. The quantitative estimate of drug-likeness (QED) is 0.715. The molecule has 0 bridgehead atoms. The van der Waals surface area contributed by atoms with Gasteiger partial charge in [-0.25, -0.2) is 9.38 Å². The van der Waals surface area contributed by atoms with Crippen LogP contribution in [0.2, 0.25) is 5.02 Å². The van der Waals surface area contributed by atoms with Crippen LogP contribution in [-0.4, -0.2) is 24.7 Å². The van der Waals surface area contributed by atoms with Crippen LogP contribution in [0.3, 0.4) is 0 Å². The van der Waals surface area contributed by atoms with Gasteiger partial charge in [0.15, 0.2) is 17.2 Å². The second kappa shape index (κ2) is 7.08. The Kier molecular flexibility index (Phi) is 4.58. The molecule has 2 aromatic rings. The number of hydrogen-bond acceptors (Lipinski definition) is 5. The molecule has 2 spiro atoms. The molecule has 0 saturated heterocycles. The Balaban J connectivity index is 1.65. The molecule has 0 aromatic heterocycles. The molecule has 1 unspecified atom stereocenters. The van der Waals surface area contributed by atoms with Gasteiger partial charge in [0, 0.05) is 17.7 Å². The number of aliphatic imine (C=N–C) groups is 1. The van der Waals surface area contributed by atoms with E-state index in [0.29, 0.717) is 29.2 Å². The van der Waals surface area contributed by atoms with Crippen LogP contribution in [0.25, 0.3) is 11.1 Å². The Bertz CT molecular complexity index is 1160. The van der Waals surface area contributed by atoms with E-state index in [2.05, 4.69) is 11.1 Å². The standard InChI is InChI=1S/C24H21ClFN3O2/c1-30-18-4-6-23(7-5-18)24(12-20(26)22(28)29-24)19-11-15(2-3-21(19)31-23)16-8-14(13-27)9-17(25)10-16/h2-3,8-12,18H,4-7H2,1H3,(H2,28,29). The molecule has 0 amide bonds. The maximum atomic E-state index is 14.6. The molecule has 2 aromatic carbocycles. The van der Waals surface area contributed by atoms with Gasteiger partial charge in [-0.05, 0) is 73.2 Å². The highest BCUT2D eigenvalue weighted by atomic mass is 35.5. The summed E-state index contributed by atoms with van der Waals surface area (Å²) in [6.45, 7) is 0. The number of nitrogens with two attached hydrogens (primary N) is 1. The minimum atomic E-state index is -1.03. The van der Waals surface area contributed by atoms with Crippen molar-refractivity contribution in [1.82, 2.24) is 0 Å². The third-order valence-electron chi connectivity index (χ3n) is 6.70. The summed E-state index contributed by atoms with van der Waals surface area (Å²) in [6.07, 6.45) is 4.59. The fraction of sp³-hybridized carbons (Fsp3) is 0.333. The van der Waals surface area contributed by atoms with Crippen LogP contribution < -0.4 is 10.5 Å². The minimum Gasteiger partial charge on any atom is -0.484 e. The van der Waals surface area contributed by atoms with Gasteiger partial charge in [-0.2, -0.15) is 5.26 Å². The van der Waals surface area contributed by atoms with Crippen LogP contribution in [-0.2, 0) is 10.3 Å². The molecule has 5 nitrogen and oxygen atoms in total. The lowest BCUT2D eigenvalue weighted by Crippen LogP contribution is -2.52. The van der Waals surface area contributed by atoms with Crippen molar-refractivity contribution in [3.05, 3.63) is 64.5 Å². The maximum Gasteiger partial charge on any atom is 0.163 e. The zero-order chi connectivity index (χ0) is 21.8. The van der Waals surface area contributed by atoms with E-state index in [9.17, 15) is 9.65 Å². The highest BCUT2D eigenvalue weighted by molar-refractivity contribution is 6.31. The van der Waals surface area contributed by atoms with Crippen molar-refractivity contribution in [2.45, 2.75) is 42.9 Å². The lowest BCUT2D eigenvalue weighted by Gasteiger charge is -2.43. The molecule has 1 fully saturated rings. The number of ether oxygens (including phenoxy) is 2. The van der Waals surface area contributed by atoms with Gasteiger partial charge in [0.1, 0.15) is 11.4 Å². The zero-order valence-electron chi connectivity index (χ0n) is 17.0. The molecule has 1 atom stereocenters. The van der Waals surface area contributed by atoms with E-state index >= 15 is 0 Å². The van der Waals surface area contributed by atoms with E-state index in [-0.39, 0.29) is 11.9 Å². The normalized spacial score (nSPS) is 28.8. The molecule has 0 radical (unpaired) electrons. The summed E-state index contributed by atoms with van der Waals surface area (Å²) in [4.78, 5) is 4.64. The van der Waals surface area contributed by atoms with Gasteiger partial charge in [-0.1, -0.05) is 17.7 Å². The van der Waals surface area contributed by atoms with Gasteiger partial charge in [0.2, 0.25) is 0 Å². The van der Waals surface area contributed by atoms with Gasteiger partial charge in [0.05, 0.1) is 17.7 Å². The first kappa shape index (κ1) is 20.0. The molecule has 158 valence electrons. The van der Waals surface area contributed by atoms with Crippen molar-refractivity contribution in [1.29, 1.82) is 5.26 Å². The molecule has 5 rings (SSSR count). The fourth-order valence-electron chi connectivity index (χ4n) is 5.13. The van der Waals surface area contributed by atoms with Crippen molar-refractivity contribution < 1.29 is 13.9 Å². The molecule has 31 heavy (non-hydrogen) atoms. The Labute approximate surface area is 184 Å². The van der Waals surface area contributed by atoms with Gasteiger partial charge in [-0.3, -0.25) is 0 Å². The summed E-state index contributed by atoms with van der Waals surface area (Å²) in [5.74, 6) is 0.0406. The van der Waals surface area contributed by atoms with Crippen LogP contribution in [0.5, 0.6) is 5.75 Å². The number of benzene rings is 2. The van der Waals surface area contributed by atoms with Crippen LogP contribution >= 0.6 is 11.6 Å². The fourth-order valence-corrected chi connectivity index (χ4v) is 5.37. The van der Waals surface area contributed by atoms with E-state index < -0.39 is 17.0 Å². The smallest absolute Gasteiger partial charge is 0.163 e. The summed E-state index contributed by atoms with van der Waals surface area (Å²) in [7, 11) is 1.71. The predicted molar refractivity (Wildman–Crippen MR) is 117 cm³/mol. The van der Waals surface area contributed by atoms with E-state index in [4.69, 9.17) is 26.8 Å². The lowest BCUT2D eigenvalue weighted by atomic mass is 9.68. The van der Waals surface area contributed by atoms with E-state index in [1.165, 1.54) is 6.08 Å². The first-order valence-electron chi connectivity index (χ1n) is 10.2. The number of fused-ring (bicyclic) bond motifs is 3. The van der Waals surface area contributed by atoms with E-state index in [0.717, 1.165) is 29.5 Å². The number of hydrogen-bond donors (Lipinski definition) is 1. The maximum absolute atomic E-state index is 14.6. The summed E-state index contributed by atoms with van der Waals surface area (Å²) >= 11 is 6.21. The summed E-state index contributed by atoms with van der Waals surface area (Å²) in [6, 6.07) is 13.1. The van der Waals surface area contributed by atoms with Gasteiger partial charge in [-0.15, -0.1) is 0 Å². The number of nitriles is 1. The Morgan fingerprint density at radius 1 is 1.23 bits per heavy atom. The number of amidine groups is 1. The SMILES string of the molecule is COC1CCC2(CC1)Oc1ccc(-c3cc(Cl)cc(C#N)c3)cc1C21C=C(F)C(N)=N1. The van der Waals surface area contributed by atoms with Gasteiger partial charge >= 0.3 is 0 Å². The molecule has 7 heteroatoms. The van der Waals surface area contributed by atoms with Gasteiger partial charge < -0.3 is 15.2 Å². The number of rotatable bonds is 2. The van der Waals surface area contributed by atoms with Crippen molar-refractivity contribution in [2.75, 3.05) is 7.11 Å². The topological polar surface area (TPSA) is 80.6 Å². The Hall–Kier alpha value is -2.88. The van der Waals surface area contributed by atoms with Crippen LogP contribution in [0.4, 0.5) is 4.39 Å². The Morgan fingerprint density at radius 3 is 2.65 bits per heavy atom. The van der Waals surface area contributed by atoms with Crippen LogP contribution in [0, 0.1) is 11.3 Å². The largest absolute Gasteiger partial charge is 0.484 e. The zero-order valence-corrected chi connectivity index (χ0v) is 17.7. The minimum absolute atomic E-state index is 0.107. The summed E-state index contributed by atoms with van der Waals surface area (Å²) in [5.41, 5.74) is 7.06. The molecular weight excluding hydrogens is 417 g/mol. The monoisotopic (exact) mass is 437 g/mol. The molecule has 2 heterocycles. The second-order valence-electron chi connectivity index (χ2n) is 8.34. The summed E-state index contributed by atoms with van der Waals surface area (Å²) in [5, 5.41) is 9.78. The van der Waals surface area contributed by atoms with Crippen molar-refractivity contribution in [3.8, 4) is 22.9 Å². The number of halogens is 2. The molecule has 1 aliphatic carbocycles. The molecule has 3 aliphatic rings. The molecule has 2 N–H and O–H groups in total. The summed E-state index contributed by atoms with van der Waals surface area (Å²) < 4.78 is 26.7. The first-order chi connectivity index (χ1) is 14.9. The number of methoxy groups -OCH3 is 1. The average molecular weight is 438 g/mol. The van der Waals surface area contributed by atoms with Crippen LogP contribution in [0.15, 0.2) is 53.3 Å². The Morgan fingerprint density at radius 2 is 2.00 bits per heavy atom.